The van der Waals surface area contributed by atoms with E-state index in [1.165, 1.54) is 0 Å². The van der Waals surface area contributed by atoms with Crippen molar-refractivity contribution >= 4 is 17.3 Å². The van der Waals surface area contributed by atoms with Crippen molar-refractivity contribution in [3.63, 3.8) is 0 Å². The predicted molar refractivity (Wildman–Crippen MR) is 80.9 cm³/mol. The molecule has 0 atom stereocenters. The van der Waals surface area contributed by atoms with E-state index >= 15 is 0 Å². The van der Waals surface area contributed by atoms with Crippen molar-refractivity contribution in [3.8, 4) is 0 Å². The Hall–Kier alpha value is -2.63. The van der Waals surface area contributed by atoms with Crippen molar-refractivity contribution in [1.29, 1.82) is 0 Å². The summed E-state index contributed by atoms with van der Waals surface area (Å²) in [5, 5.41) is 3.18. The van der Waals surface area contributed by atoms with E-state index in [9.17, 15) is 4.79 Å². The molecule has 6 heteroatoms. The lowest BCUT2D eigenvalue weighted by molar-refractivity contribution is 0.0527. The van der Waals surface area contributed by atoms with Crippen molar-refractivity contribution in [2.45, 2.75) is 20.4 Å². The van der Waals surface area contributed by atoms with E-state index in [0.29, 0.717) is 24.4 Å². The molecule has 0 aliphatic heterocycles. The maximum absolute atomic E-state index is 11.8. The van der Waals surface area contributed by atoms with E-state index in [0.717, 1.165) is 17.1 Å². The summed E-state index contributed by atoms with van der Waals surface area (Å²) in [5.41, 5.74) is 9.01. The van der Waals surface area contributed by atoms with Crippen LogP contribution in [0.1, 0.15) is 28.7 Å². The summed E-state index contributed by atoms with van der Waals surface area (Å²) in [4.78, 5) is 20.2. The lowest BCUT2D eigenvalue weighted by atomic mass is 10.1. The van der Waals surface area contributed by atoms with Crippen LogP contribution < -0.4 is 11.1 Å². The van der Waals surface area contributed by atoms with Gasteiger partial charge in [-0.25, -0.2) is 4.79 Å². The minimum Gasteiger partial charge on any atom is -0.462 e. The number of nitrogen functional groups attached to an aromatic ring is 1. The third-order valence-corrected chi connectivity index (χ3v) is 2.86. The SMILES string of the molecule is CCOC(=O)c1cc(NCc2cnc(C)cn2)ccc1N. The number of aromatic nitrogens is 2. The second-order valence-electron chi connectivity index (χ2n) is 4.53. The highest BCUT2D eigenvalue weighted by atomic mass is 16.5. The summed E-state index contributed by atoms with van der Waals surface area (Å²) < 4.78 is 4.97. The van der Waals surface area contributed by atoms with Crippen LogP contribution in [0.3, 0.4) is 0 Å². The molecule has 0 aliphatic carbocycles. The lowest BCUT2D eigenvalue weighted by Gasteiger charge is -2.10. The average Bonchev–Trinajstić information content (AvgIpc) is 2.48. The van der Waals surface area contributed by atoms with Gasteiger partial charge in [0.1, 0.15) is 0 Å². The molecule has 1 heterocycles. The normalized spacial score (nSPS) is 10.2. The van der Waals surface area contributed by atoms with E-state index < -0.39 is 5.97 Å². The molecule has 6 nitrogen and oxygen atoms in total. The number of carbonyl (C=O) groups excluding carboxylic acids is 1. The molecule has 0 radical (unpaired) electrons. The highest BCUT2D eigenvalue weighted by Gasteiger charge is 2.11. The van der Waals surface area contributed by atoms with Gasteiger partial charge in [-0.15, -0.1) is 0 Å². The number of ether oxygens (including phenoxy) is 1. The number of aryl methyl sites for hydroxylation is 1. The summed E-state index contributed by atoms with van der Waals surface area (Å²) in [5.74, 6) is -0.422. The van der Waals surface area contributed by atoms with Crippen LogP contribution in [0, 0.1) is 6.92 Å². The number of benzene rings is 1. The highest BCUT2D eigenvalue weighted by Crippen LogP contribution is 2.19. The fourth-order valence-electron chi connectivity index (χ4n) is 1.76. The van der Waals surface area contributed by atoms with E-state index in [4.69, 9.17) is 10.5 Å². The van der Waals surface area contributed by atoms with E-state index in [2.05, 4.69) is 15.3 Å². The first-order chi connectivity index (χ1) is 10.1. The number of carbonyl (C=O) groups is 1. The second-order valence-corrected chi connectivity index (χ2v) is 4.53. The van der Waals surface area contributed by atoms with Gasteiger partial charge >= 0.3 is 5.97 Å². The first kappa shape index (κ1) is 14.8. The molecule has 2 rings (SSSR count). The fourth-order valence-corrected chi connectivity index (χ4v) is 1.76. The molecule has 0 fully saturated rings. The molecule has 21 heavy (non-hydrogen) atoms. The van der Waals surface area contributed by atoms with Crippen LogP contribution in [-0.2, 0) is 11.3 Å². The van der Waals surface area contributed by atoms with E-state index in [-0.39, 0.29) is 0 Å². The van der Waals surface area contributed by atoms with Crippen LogP contribution in [0.25, 0.3) is 0 Å². The molecule has 0 saturated carbocycles. The number of hydrogen-bond donors (Lipinski definition) is 2. The molecular weight excluding hydrogens is 268 g/mol. The van der Waals surface area contributed by atoms with Gasteiger partial charge in [0.25, 0.3) is 0 Å². The van der Waals surface area contributed by atoms with Crippen LogP contribution >= 0.6 is 0 Å². The van der Waals surface area contributed by atoms with Gasteiger partial charge in [-0.05, 0) is 32.0 Å². The monoisotopic (exact) mass is 286 g/mol. The van der Waals surface area contributed by atoms with Gasteiger partial charge in [-0.1, -0.05) is 0 Å². The maximum Gasteiger partial charge on any atom is 0.340 e. The molecule has 0 unspecified atom stereocenters. The molecular formula is C15H18N4O2. The Morgan fingerprint density at radius 3 is 2.81 bits per heavy atom. The number of anilines is 2. The summed E-state index contributed by atoms with van der Waals surface area (Å²) in [6, 6.07) is 5.16. The van der Waals surface area contributed by atoms with E-state index in [1.54, 1.807) is 37.5 Å². The molecule has 1 aromatic heterocycles. The minimum atomic E-state index is -0.422. The van der Waals surface area contributed by atoms with Crippen molar-refractivity contribution in [3.05, 3.63) is 47.5 Å². The predicted octanol–water partition coefficient (Wildman–Crippen LogP) is 2.16. The van der Waals surface area contributed by atoms with Gasteiger partial charge < -0.3 is 15.8 Å². The van der Waals surface area contributed by atoms with Gasteiger partial charge in [0, 0.05) is 17.6 Å². The molecule has 0 saturated heterocycles. The molecule has 3 N–H and O–H groups in total. The highest BCUT2D eigenvalue weighted by molar-refractivity contribution is 5.96. The number of nitrogens with zero attached hydrogens (tertiary/aromatic N) is 2. The van der Waals surface area contributed by atoms with Crippen molar-refractivity contribution in [2.75, 3.05) is 17.7 Å². The van der Waals surface area contributed by atoms with Crippen molar-refractivity contribution in [2.24, 2.45) is 0 Å². The zero-order valence-corrected chi connectivity index (χ0v) is 12.1. The standard InChI is InChI=1S/C15H18N4O2/c1-3-21-15(20)13-6-11(4-5-14(13)16)19-9-12-8-17-10(2)7-18-12/h4-8,19H,3,9,16H2,1-2H3. The molecule has 0 bridgehead atoms. The Labute approximate surface area is 123 Å². The number of nitrogens with one attached hydrogen (secondary N) is 1. The molecule has 110 valence electrons. The number of hydrogen-bond acceptors (Lipinski definition) is 6. The number of rotatable bonds is 5. The molecule has 0 spiro atoms. The van der Waals surface area contributed by atoms with Gasteiger partial charge in [-0.2, -0.15) is 0 Å². The average molecular weight is 286 g/mol. The van der Waals surface area contributed by atoms with E-state index in [1.807, 2.05) is 6.92 Å². The summed E-state index contributed by atoms with van der Waals surface area (Å²) in [6.07, 6.45) is 3.43. The first-order valence-electron chi connectivity index (χ1n) is 6.68. The Kier molecular flexibility index (Phi) is 4.71. The molecule has 2 aromatic rings. The zero-order chi connectivity index (χ0) is 15.2. The second kappa shape index (κ2) is 6.69. The fraction of sp³-hybridized carbons (Fsp3) is 0.267. The Bertz CT molecular complexity index is 626. The van der Waals surface area contributed by atoms with Gasteiger partial charge in [0.2, 0.25) is 0 Å². The lowest BCUT2D eigenvalue weighted by Crippen LogP contribution is -2.09. The smallest absolute Gasteiger partial charge is 0.340 e. The van der Waals surface area contributed by atoms with Gasteiger partial charge in [-0.3, -0.25) is 9.97 Å². The largest absolute Gasteiger partial charge is 0.462 e. The van der Waals surface area contributed by atoms with Crippen LogP contribution in [0.5, 0.6) is 0 Å². The third kappa shape index (κ3) is 3.92. The topological polar surface area (TPSA) is 90.1 Å². The molecule has 0 amide bonds. The summed E-state index contributed by atoms with van der Waals surface area (Å²) >= 11 is 0. The third-order valence-electron chi connectivity index (χ3n) is 2.86. The van der Waals surface area contributed by atoms with Crippen LogP contribution in [0.15, 0.2) is 30.6 Å². The van der Waals surface area contributed by atoms with Crippen molar-refractivity contribution < 1.29 is 9.53 Å². The number of nitrogens with two attached hydrogens (primary N) is 1. The quantitative estimate of drug-likeness (QED) is 0.646. The van der Waals surface area contributed by atoms with Crippen LogP contribution in [0.2, 0.25) is 0 Å². The maximum atomic E-state index is 11.8. The van der Waals surface area contributed by atoms with Crippen LogP contribution in [0.4, 0.5) is 11.4 Å². The summed E-state index contributed by atoms with van der Waals surface area (Å²) in [6.45, 7) is 4.47. The number of esters is 1. The van der Waals surface area contributed by atoms with Gasteiger partial charge in [0.15, 0.2) is 0 Å². The molecule has 0 aliphatic rings. The van der Waals surface area contributed by atoms with Crippen molar-refractivity contribution in [1.82, 2.24) is 9.97 Å². The van der Waals surface area contributed by atoms with Crippen LogP contribution in [-0.4, -0.2) is 22.5 Å². The summed E-state index contributed by atoms with van der Waals surface area (Å²) in [7, 11) is 0. The molecule has 1 aromatic carbocycles. The Morgan fingerprint density at radius 1 is 1.33 bits per heavy atom. The Morgan fingerprint density at radius 2 is 2.14 bits per heavy atom. The minimum absolute atomic E-state index is 0.314. The Balaban J connectivity index is 2.08. The zero-order valence-electron chi connectivity index (χ0n) is 12.1. The first-order valence-corrected chi connectivity index (χ1v) is 6.68. The van der Waals surface area contributed by atoms with Gasteiger partial charge in [0.05, 0.1) is 36.3 Å².